The standard InChI is InChI=1S/C27H33N9O15P2/c1-10-3-12-13(4-11(10)2)35(24-18(32-12)25(42)34-27(43)33-24)5-14(37)19(39)15(38)6-48-52(44,45)51-53(46,47)49-7-16-20(40)21(41)26(50-16)36-9-31-17-22(28)29-8-30-23(17)36/h3-4,8-9,14-16,19-21,26,37-41H,5-7H2,1-2H3,(H,44,45)(H,46,47)(H2,28,29,30)(H,34,42,43)/t14-,15+,16-,19-,20-,21-,26-/m1/s1. The Morgan fingerprint density at radius 1 is 0.981 bits per heavy atom. The Hall–Kier alpha value is -4.13. The van der Waals surface area contributed by atoms with Crippen LogP contribution in [0.4, 0.5) is 5.82 Å². The van der Waals surface area contributed by atoms with E-state index in [2.05, 4.69) is 33.8 Å². The molecule has 2 aromatic heterocycles. The molecule has 2 unspecified atom stereocenters. The molecule has 53 heavy (non-hydrogen) atoms. The minimum Gasteiger partial charge on any atom is -0.388 e. The fraction of sp³-hybridized carbons (Fsp3) is 0.444. The van der Waals surface area contributed by atoms with Crippen LogP contribution in [0.5, 0.6) is 0 Å². The number of fused-ring (bicyclic) bond motifs is 3. The summed E-state index contributed by atoms with van der Waals surface area (Å²) in [5.74, 6) is -0.212. The molecule has 3 aliphatic heterocycles. The smallest absolute Gasteiger partial charge is 0.388 e. The number of aromatic nitrogens is 8. The molecule has 0 aliphatic carbocycles. The van der Waals surface area contributed by atoms with Gasteiger partial charge in [0.1, 0.15) is 48.5 Å². The van der Waals surface area contributed by atoms with E-state index < -0.39 is 89.5 Å². The van der Waals surface area contributed by atoms with E-state index in [1.54, 1.807) is 26.0 Å². The first-order valence-corrected chi connectivity index (χ1v) is 18.4. The van der Waals surface area contributed by atoms with Crippen molar-refractivity contribution in [2.45, 2.75) is 63.2 Å². The van der Waals surface area contributed by atoms with Crippen LogP contribution in [0.1, 0.15) is 17.4 Å². The number of anilines is 1. The number of ether oxygens (including phenoxy) is 1. The lowest BCUT2D eigenvalue weighted by Gasteiger charge is -2.26. The number of nitrogens with zero attached hydrogens (tertiary/aromatic N) is 7. The first kappa shape index (κ1) is 38.6. The van der Waals surface area contributed by atoms with Gasteiger partial charge in [-0.15, -0.1) is 0 Å². The van der Waals surface area contributed by atoms with Crippen molar-refractivity contribution in [3.63, 3.8) is 0 Å². The molecule has 286 valence electrons. The fourth-order valence-corrected chi connectivity index (χ4v) is 7.65. The van der Waals surface area contributed by atoms with Crippen molar-refractivity contribution in [3.05, 3.63) is 56.8 Å². The minimum absolute atomic E-state index is 0.0293. The molecule has 0 spiro atoms. The molecule has 9 atom stereocenters. The van der Waals surface area contributed by atoms with Crippen molar-refractivity contribution in [3.8, 4) is 11.5 Å². The number of hydrogen-bond donors (Lipinski definition) is 9. The summed E-state index contributed by atoms with van der Waals surface area (Å²) < 4.78 is 46.6. The molecule has 0 saturated carbocycles. The number of benzene rings is 1. The number of nitrogen functional groups attached to an aromatic ring is 1. The number of rotatable bonds is 13. The van der Waals surface area contributed by atoms with Crippen molar-refractivity contribution >= 4 is 43.7 Å². The summed E-state index contributed by atoms with van der Waals surface area (Å²) in [4.78, 5) is 66.6. The largest absolute Gasteiger partial charge is 0.481 e. The van der Waals surface area contributed by atoms with Crippen molar-refractivity contribution in [2.24, 2.45) is 0 Å². The maximum absolute atomic E-state index is 12.5. The van der Waals surface area contributed by atoms with Crippen molar-refractivity contribution < 1.29 is 62.5 Å². The van der Waals surface area contributed by atoms with Gasteiger partial charge >= 0.3 is 21.3 Å². The van der Waals surface area contributed by atoms with Gasteiger partial charge in [-0.1, -0.05) is 0 Å². The zero-order valence-corrected chi connectivity index (χ0v) is 29.3. The Morgan fingerprint density at radius 3 is 2.42 bits per heavy atom. The molecule has 0 amide bonds. The summed E-state index contributed by atoms with van der Waals surface area (Å²) in [6.07, 6.45) is -9.93. The maximum Gasteiger partial charge on any atom is 0.481 e. The number of nitrogens with one attached hydrogen (secondary N) is 1. The van der Waals surface area contributed by atoms with Crippen LogP contribution in [-0.2, 0) is 33.8 Å². The highest BCUT2D eigenvalue weighted by Crippen LogP contribution is 2.60. The summed E-state index contributed by atoms with van der Waals surface area (Å²) in [6, 6.07) is 3.29. The molecule has 1 aromatic carbocycles. The molecule has 1 fully saturated rings. The molecule has 0 radical (unpaired) electrons. The lowest BCUT2D eigenvalue weighted by atomic mass is 10.1. The SMILES string of the molecule is Cc1cc2nc3c(=O)[nH]c(=O)nc-3n(C[C@@H](O)[C@@H](O)[C@@H](O)COP(=O)(O)OP(=O)(O)OC[C@H]3O[C@@H](n4cnc5c(N)ncnc54)[C@H](O)[C@@H]3O)c2cc1C. The van der Waals surface area contributed by atoms with Gasteiger partial charge in [0.05, 0.1) is 37.1 Å². The van der Waals surface area contributed by atoms with E-state index >= 15 is 0 Å². The molecule has 0 bridgehead atoms. The van der Waals surface area contributed by atoms with Crippen LogP contribution in [0.15, 0.2) is 34.4 Å². The second kappa shape index (κ2) is 14.6. The quantitative estimate of drug-likeness (QED) is 0.0443. The molecular formula is C27H33N9O15P2. The van der Waals surface area contributed by atoms with Gasteiger partial charge in [-0.05, 0) is 37.1 Å². The van der Waals surface area contributed by atoms with Crippen molar-refractivity contribution in [2.75, 3.05) is 18.9 Å². The van der Waals surface area contributed by atoms with E-state index in [9.17, 15) is 54.0 Å². The number of nitrogens with two attached hydrogens (primary N) is 1. The number of phosphoric acid groups is 2. The lowest BCUT2D eigenvalue weighted by molar-refractivity contribution is -0.0794. The van der Waals surface area contributed by atoms with Gasteiger partial charge in [0.2, 0.25) is 0 Å². The van der Waals surface area contributed by atoms with Gasteiger partial charge in [0.15, 0.2) is 29.2 Å². The number of phosphoric ester groups is 2. The molecule has 1 saturated heterocycles. The Morgan fingerprint density at radius 2 is 1.68 bits per heavy atom. The highest BCUT2D eigenvalue weighted by Gasteiger charge is 2.46. The molecule has 3 aliphatic rings. The van der Waals surface area contributed by atoms with Crippen molar-refractivity contribution in [1.82, 2.24) is 39.0 Å². The number of imidazole rings is 1. The van der Waals surface area contributed by atoms with E-state index in [1.807, 2.05) is 4.98 Å². The normalized spacial score (nSPS) is 23.3. The third-order valence-corrected chi connectivity index (χ3v) is 11.0. The summed E-state index contributed by atoms with van der Waals surface area (Å²) in [7, 11) is -11.0. The van der Waals surface area contributed by atoms with E-state index in [0.717, 1.165) is 17.5 Å². The maximum atomic E-state index is 12.5. The number of aliphatic hydroxyl groups is 5. The molecule has 10 N–H and O–H groups in total. The Bertz CT molecular complexity index is 2350. The second-order valence-corrected chi connectivity index (χ2v) is 15.1. The predicted octanol–water partition coefficient (Wildman–Crippen LogP) is -2.42. The van der Waals surface area contributed by atoms with Gasteiger partial charge in [-0.2, -0.15) is 9.29 Å². The molecule has 6 rings (SSSR count). The molecule has 24 nitrogen and oxygen atoms in total. The summed E-state index contributed by atoms with van der Waals surface area (Å²) in [5, 5.41) is 53.0. The average Bonchev–Trinajstić information content (AvgIpc) is 3.63. The first-order chi connectivity index (χ1) is 24.9. The Kier molecular flexibility index (Phi) is 10.6. The number of aromatic amines is 1. The Balaban J connectivity index is 1.07. The highest BCUT2D eigenvalue weighted by molar-refractivity contribution is 7.61. The number of H-pyrrole nitrogens is 1. The van der Waals surface area contributed by atoms with Crippen LogP contribution < -0.4 is 17.0 Å². The van der Waals surface area contributed by atoms with E-state index in [0.29, 0.717) is 5.52 Å². The van der Waals surface area contributed by atoms with Gasteiger partial charge in [0.25, 0.3) is 5.56 Å². The van der Waals surface area contributed by atoms with Crippen LogP contribution in [-0.4, -0.2) is 124 Å². The molecule has 3 aromatic rings. The molecule has 26 heteroatoms. The fourth-order valence-electron chi connectivity index (χ4n) is 5.55. The van der Waals surface area contributed by atoms with Gasteiger partial charge < -0.3 is 50.4 Å². The van der Waals surface area contributed by atoms with Crippen LogP contribution in [0, 0.1) is 13.8 Å². The summed E-state index contributed by atoms with van der Waals surface area (Å²) >= 11 is 0. The van der Waals surface area contributed by atoms with Gasteiger partial charge in [0, 0.05) is 0 Å². The highest BCUT2D eigenvalue weighted by atomic mass is 31.3. The van der Waals surface area contributed by atoms with E-state index in [4.69, 9.17) is 15.0 Å². The van der Waals surface area contributed by atoms with Crippen LogP contribution in [0.25, 0.3) is 33.7 Å². The van der Waals surface area contributed by atoms with Crippen LogP contribution >= 0.6 is 15.6 Å². The topological polar surface area (TPSA) is 363 Å². The third-order valence-electron chi connectivity index (χ3n) is 8.40. The first-order valence-electron chi connectivity index (χ1n) is 15.4. The van der Waals surface area contributed by atoms with Gasteiger partial charge in [-0.3, -0.25) is 23.4 Å². The number of aliphatic hydroxyl groups excluding tert-OH is 5. The predicted molar refractivity (Wildman–Crippen MR) is 177 cm³/mol. The van der Waals surface area contributed by atoms with E-state index in [-0.39, 0.29) is 34.0 Å². The molecular weight excluding hydrogens is 752 g/mol. The van der Waals surface area contributed by atoms with Crippen molar-refractivity contribution in [1.29, 1.82) is 0 Å². The average molecular weight is 786 g/mol. The van der Waals surface area contributed by atoms with E-state index in [1.165, 1.54) is 15.5 Å². The summed E-state index contributed by atoms with van der Waals surface area (Å²) in [6.45, 7) is 0.795. The number of aryl methyl sites for hydroxylation is 2. The Labute approximate surface area is 295 Å². The van der Waals surface area contributed by atoms with Crippen LogP contribution in [0.3, 0.4) is 0 Å². The minimum atomic E-state index is -5.54. The lowest BCUT2D eigenvalue weighted by Crippen LogP contribution is -2.42. The number of hydrogen-bond acceptors (Lipinski definition) is 19. The zero-order chi connectivity index (χ0) is 38.6. The molecule has 5 heterocycles. The third kappa shape index (κ3) is 7.91. The monoisotopic (exact) mass is 785 g/mol. The van der Waals surface area contributed by atoms with Gasteiger partial charge in [-0.25, -0.2) is 33.9 Å². The van der Waals surface area contributed by atoms with Crippen LogP contribution in [0.2, 0.25) is 0 Å². The summed E-state index contributed by atoms with van der Waals surface area (Å²) in [5.41, 5.74) is 6.11. The zero-order valence-electron chi connectivity index (χ0n) is 27.5. The second-order valence-electron chi connectivity index (χ2n) is 12.1.